The zero-order valence-corrected chi connectivity index (χ0v) is 21.6. The van der Waals surface area contributed by atoms with Crippen LogP contribution in [0.1, 0.15) is 38.2 Å². The molecular formula is C22H31FINO5Si. The predicted octanol–water partition coefficient (Wildman–Crippen LogP) is 4.14. The minimum Gasteiger partial charge on any atom is -0.469 e. The van der Waals surface area contributed by atoms with E-state index in [9.17, 15) is 14.7 Å². The van der Waals surface area contributed by atoms with E-state index in [0.29, 0.717) is 32.2 Å². The molecule has 172 valence electrons. The van der Waals surface area contributed by atoms with Crippen LogP contribution < -0.4 is 4.90 Å². The lowest BCUT2D eigenvalue weighted by molar-refractivity contribution is -0.146. The molecule has 1 N–H and O–H groups in total. The highest BCUT2D eigenvalue weighted by atomic mass is 127. The summed E-state index contributed by atoms with van der Waals surface area (Å²) >= 11 is 2.21. The third kappa shape index (κ3) is 4.43. The third-order valence-corrected chi connectivity index (χ3v) is 9.70. The van der Waals surface area contributed by atoms with Gasteiger partial charge in [0.1, 0.15) is 0 Å². The fourth-order valence-corrected chi connectivity index (χ4v) is 8.31. The van der Waals surface area contributed by atoms with E-state index in [4.69, 9.17) is 4.74 Å². The SMILES string of the molecule is COC(=O)CCCCN1C(=O)[C@@]2(O[C@@H](CCO)[C@H]([Si](C)(C)F)[C@H]2C)c2cc(I)ccc21. The quantitative estimate of drug-likeness (QED) is 0.169. The van der Waals surface area contributed by atoms with Crippen molar-refractivity contribution < 1.29 is 28.3 Å². The van der Waals surface area contributed by atoms with Crippen LogP contribution in [-0.4, -0.2) is 51.8 Å². The molecule has 2 aliphatic rings. The number of aliphatic hydroxyl groups is 1. The monoisotopic (exact) mass is 563 g/mol. The number of hydrogen-bond acceptors (Lipinski definition) is 5. The number of carbonyl (C=O) groups excluding carboxylic acids is 2. The Morgan fingerprint density at radius 3 is 2.71 bits per heavy atom. The summed E-state index contributed by atoms with van der Waals surface area (Å²) in [6.45, 7) is 5.56. The molecule has 31 heavy (non-hydrogen) atoms. The van der Waals surface area contributed by atoms with Gasteiger partial charge in [-0.2, -0.15) is 0 Å². The molecule has 0 aromatic heterocycles. The summed E-state index contributed by atoms with van der Waals surface area (Å²) in [5.74, 6) is -0.782. The molecule has 3 rings (SSSR count). The Morgan fingerprint density at radius 2 is 2.10 bits per heavy atom. The van der Waals surface area contributed by atoms with Crippen molar-refractivity contribution in [3.05, 3.63) is 27.3 Å². The first-order chi connectivity index (χ1) is 14.6. The van der Waals surface area contributed by atoms with E-state index in [1.807, 2.05) is 25.1 Å². The van der Waals surface area contributed by atoms with Crippen molar-refractivity contribution in [2.45, 2.75) is 62.9 Å². The summed E-state index contributed by atoms with van der Waals surface area (Å²) in [5.41, 5.74) is -0.0566. The number of hydrogen-bond donors (Lipinski definition) is 1. The van der Waals surface area contributed by atoms with Gasteiger partial charge in [-0.25, -0.2) is 0 Å². The Labute approximate surface area is 197 Å². The molecule has 1 amide bonds. The van der Waals surface area contributed by atoms with Gasteiger partial charge in [0, 0.05) is 40.2 Å². The van der Waals surface area contributed by atoms with Gasteiger partial charge >= 0.3 is 5.97 Å². The molecule has 2 heterocycles. The van der Waals surface area contributed by atoms with Gasteiger partial charge in [-0.1, -0.05) is 6.92 Å². The summed E-state index contributed by atoms with van der Waals surface area (Å²) < 4.78 is 27.5. The fraction of sp³-hybridized carbons (Fsp3) is 0.636. The first kappa shape index (κ1) is 24.6. The molecule has 1 spiro atoms. The fourth-order valence-electron chi connectivity index (χ4n) is 5.28. The number of carbonyl (C=O) groups is 2. The van der Waals surface area contributed by atoms with Crippen molar-refractivity contribution in [3.63, 3.8) is 0 Å². The number of unbranched alkanes of at least 4 members (excludes halogenated alkanes) is 1. The lowest BCUT2D eigenvalue weighted by Crippen LogP contribution is -2.45. The van der Waals surface area contributed by atoms with Crippen LogP contribution in [0, 0.1) is 9.49 Å². The number of amides is 1. The molecule has 6 nitrogen and oxygen atoms in total. The number of ether oxygens (including phenoxy) is 2. The second-order valence-electron chi connectivity index (χ2n) is 8.93. The average Bonchev–Trinajstić information content (AvgIpc) is 3.12. The first-order valence-electron chi connectivity index (χ1n) is 10.7. The van der Waals surface area contributed by atoms with Gasteiger partial charge in [-0.3, -0.25) is 9.59 Å². The number of halogens is 2. The zero-order valence-electron chi connectivity index (χ0n) is 18.5. The van der Waals surface area contributed by atoms with E-state index in [-0.39, 0.29) is 24.4 Å². The molecule has 9 heteroatoms. The Balaban J connectivity index is 1.96. The number of esters is 1. The molecule has 2 aliphatic heterocycles. The molecule has 0 unspecified atom stereocenters. The normalized spacial score (nSPS) is 27.8. The minimum absolute atomic E-state index is 0.112. The predicted molar refractivity (Wildman–Crippen MR) is 127 cm³/mol. The van der Waals surface area contributed by atoms with Gasteiger partial charge in [0.2, 0.25) is 8.41 Å². The molecule has 0 aliphatic carbocycles. The summed E-state index contributed by atoms with van der Waals surface area (Å²) in [6, 6.07) is 5.83. The van der Waals surface area contributed by atoms with Crippen molar-refractivity contribution in [2.75, 3.05) is 25.2 Å². The second-order valence-corrected chi connectivity index (χ2v) is 14.0. The number of methoxy groups -OCH3 is 1. The largest absolute Gasteiger partial charge is 0.469 e. The molecule has 1 fully saturated rings. The summed E-state index contributed by atoms with van der Waals surface area (Å²) in [7, 11) is -1.81. The Morgan fingerprint density at radius 1 is 1.39 bits per heavy atom. The first-order valence-corrected chi connectivity index (χ1v) is 14.8. The smallest absolute Gasteiger partial charge is 0.305 e. The maximum absolute atomic E-state index is 15.4. The highest BCUT2D eigenvalue weighted by Crippen LogP contribution is 2.60. The highest BCUT2D eigenvalue weighted by molar-refractivity contribution is 14.1. The van der Waals surface area contributed by atoms with Crippen LogP contribution in [0.4, 0.5) is 9.80 Å². The molecule has 0 saturated carbocycles. The minimum atomic E-state index is -3.18. The second kappa shape index (κ2) is 9.44. The number of anilines is 1. The Hall–Kier alpha value is -1.04. The van der Waals surface area contributed by atoms with Gasteiger partial charge < -0.3 is 23.6 Å². The van der Waals surface area contributed by atoms with Crippen molar-refractivity contribution >= 4 is 48.6 Å². The van der Waals surface area contributed by atoms with E-state index >= 15 is 4.11 Å². The van der Waals surface area contributed by atoms with Gasteiger partial charge in [0.15, 0.2) is 5.60 Å². The van der Waals surface area contributed by atoms with Gasteiger partial charge in [0.05, 0.1) is 18.9 Å². The molecule has 1 aromatic rings. The van der Waals surface area contributed by atoms with E-state index < -0.39 is 25.7 Å². The summed E-state index contributed by atoms with van der Waals surface area (Å²) in [6.07, 6.45) is 1.37. The Kier molecular flexibility index (Phi) is 7.49. The topological polar surface area (TPSA) is 76.1 Å². The van der Waals surface area contributed by atoms with Gasteiger partial charge in [-0.05, 0) is 73.1 Å². The van der Waals surface area contributed by atoms with E-state index in [0.717, 1.165) is 14.8 Å². The number of aliphatic hydroxyl groups excluding tert-OH is 1. The average molecular weight is 563 g/mol. The third-order valence-electron chi connectivity index (χ3n) is 6.58. The van der Waals surface area contributed by atoms with Crippen LogP contribution >= 0.6 is 22.6 Å². The maximum atomic E-state index is 15.4. The van der Waals surface area contributed by atoms with E-state index in [2.05, 4.69) is 27.3 Å². The summed E-state index contributed by atoms with van der Waals surface area (Å²) in [5, 5.41) is 9.57. The number of fused-ring (bicyclic) bond motifs is 2. The van der Waals surface area contributed by atoms with Crippen LogP contribution in [0.2, 0.25) is 18.6 Å². The van der Waals surface area contributed by atoms with Crippen LogP contribution in [0.5, 0.6) is 0 Å². The van der Waals surface area contributed by atoms with Crippen LogP contribution in [0.25, 0.3) is 0 Å². The lowest BCUT2D eigenvalue weighted by atomic mass is 9.82. The number of nitrogens with zero attached hydrogens (tertiary/aromatic N) is 1. The molecule has 0 bridgehead atoms. The van der Waals surface area contributed by atoms with Crippen LogP contribution in [-0.2, 0) is 24.7 Å². The molecule has 4 atom stereocenters. The highest BCUT2D eigenvalue weighted by Gasteiger charge is 2.66. The maximum Gasteiger partial charge on any atom is 0.305 e. The molecule has 1 saturated heterocycles. The molecule has 0 radical (unpaired) electrons. The molecular weight excluding hydrogens is 532 g/mol. The van der Waals surface area contributed by atoms with Crippen molar-refractivity contribution in [2.24, 2.45) is 5.92 Å². The van der Waals surface area contributed by atoms with Crippen LogP contribution in [0.3, 0.4) is 0 Å². The van der Waals surface area contributed by atoms with E-state index in [1.165, 1.54) is 7.11 Å². The summed E-state index contributed by atoms with van der Waals surface area (Å²) in [4.78, 5) is 27.0. The lowest BCUT2D eigenvalue weighted by Gasteiger charge is -2.31. The van der Waals surface area contributed by atoms with Gasteiger partial charge in [-0.15, -0.1) is 0 Å². The van der Waals surface area contributed by atoms with Crippen LogP contribution in [0.15, 0.2) is 18.2 Å². The van der Waals surface area contributed by atoms with Crippen molar-refractivity contribution in [1.29, 1.82) is 0 Å². The standard InChI is InChI=1S/C22H31FINO5Si/c1-14-20(31(3,4)23)18(10-12-26)30-22(14)16-13-15(24)8-9-17(16)25(21(22)28)11-6-5-7-19(27)29-2/h8-9,13-14,18,20,26H,5-7,10-12H2,1-4H3/t14-,18+,20-,22+/m1/s1. The van der Waals surface area contributed by atoms with E-state index in [1.54, 1.807) is 18.0 Å². The van der Waals surface area contributed by atoms with Crippen molar-refractivity contribution in [3.8, 4) is 0 Å². The van der Waals surface area contributed by atoms with Crippen molar-refractivity contribution in [1.82, 2.24) is 0 Å². The Bertz CT molecular complexity index is 848. The number of benzene rings is 1. The zero-order chi connectivity index (χ0) is 23.0. The molecule has 1 aromatic carbocycles. The van der Waals surface area contributed by atoms with Gasteiger partial charge in [0.25, 0.3) is 5.91 Å². The number of rotatable bonds is 8.